The molecule has 4 aromatic heterocycles. The summed E-state index contributed by atoms with van der Waals surface area (Å²) in [5.74, 6) is 2.19. The number of aryl methyl sites for hydroxylation is 3. The summed E-state index contributed by atoms with van der Waals surface area (Å²) in [4.78, 5) is 2.31. The molecule has 0 saturated carbocycles. The molecule has 0 aromatic carbocycles. The zero-order valence-electron chi connectivity index (χ0n) is 18.2. The maximum absolute atomic E-state index is 6.13. The normalized spacial score (nSPS) is 16.5. The van der Waals surface area contributed by atoms with E-state index < -0.39 is 0 Å². The zero-order chi connectivity index (χ0) is 21.5. The molecule has 9 nitrogen and oxygen atoms in total. The molecule has 1 saturated heterocycles. The first-order valence-corrected chi connectivity index (χ1v) is 10.4. The summed E-state index contributed by atoms with van der Waals surface area (Å²) in [5.41, 5.74) is 4.95. The van der Waals surface area contributed by atoms with Crippen molar-refractivity contribution in [1.29, 1.82) is 0 Å². The molecule has 31 heavy (non-hydrogen) atoms. The van der Waals surface area contributed by atoms with Crippen LogP contribution in [-0.2, 0) is 7.05 Å². The van der Waals surface area contributed by atoms with Gasteiger partial charge in [-0.25, -0.2) is 4.52 Å². The highest BCUT2D eigenvalue weighted by atomic mass is 16.5. The molecule has 0 bridgehead atoms. The summed E-state index contributed by atoms with van der Waals surface area (Å²) < 4.78 is 9.82. The summed E-state index contributed by atoms with van der Waals surface area (Å²) in [7, 11) is 4.06. The van der Waals surface area contributed by atoms with Gasteiger partial charge in [0.05, 0.1) is 17.4 Å². The number of ether oxygens (including phenoxy) is 1. The molecule has 0 radical (unpaired) electrons. The van der Waals surface area contributed by atoms with Gasteiger partial charge < -0.3 is 10.1 Å². The minimum absolute atomic E-state index is 0.479. The van der Waals surface area contributed by atoms with Crippen LogP contribution in [0, 0.1) is 13.8 Å². The van der Waals surface area contributed by atoms with Crippen molar-refractivity contribution in [2.24, 2.45) is 7.05 Å². The van der Waals surface area contributed by atoms with Gasteiger partial charge in [-0.15, -0.1) is 5.10 Å². The highest BCUT2D eigenvalue weighted by molar-refractivity contribution is 5.72. The molecule has 0 amide bonds. The predicted octanol–water partition coefficient (Wildman–Crippen LogP) is 2.97. The van der Waals surface area contributed by atoms with Crippen molar-refractivity contribution >= 4 is 17.2 Å². The van der Waals surface area contributed by atoms with Crippen molar-refractivity contribution in [3.63, 3.8) is 0 Å². The van der Waals surface area contributed by atoms with E-state index in [4.69, 9.17) is 4.74 Å². The van der Waals surface area contributed by atoms with Gasteiger partial charge in [0.25, 0.3) is 0 Å². The van der Waals surface area contributed by atoms with Crippen LogP contribution in [-0.4, -0.2) is 60.7 Å². The van der Waals surface area contributed by atoms with E-state index in [1.807, 2.05) is 54.5 Å². The van der Waals surface area contributed by atoms with Crippen LogP contribution in [0.25, 0.3) is 16.8 Å². The lowest BCUT2D eigenvalue weighted by Crippen LogP contribution is -2.48. The Balaban J connectivity index is 1.40. The highest BCUT2D eigenvalue weighted by Gasteiger charge is 2.25. The molecule has 1 aliphatic rings. The van der Waals surface area contributed by atoms with Crippen LogP contribution in [0.5, 0.6) is 5.75 Å². The van der Waals surface area contributed by atoms with E-state index in [9.17, 15) is 0 Å². The minimum atomic E-state index is 0.479. The molecule has 1 atom stereocenters. The van der Waals surface area contributed by atoms with Crippen molar-refractivity contribution in [2.45, 2.75) is 26.3 Å². The van der Waals surface area contributed by atoms with E-state index in [0.717, 1.165) is 40.3 Å². The smallest absolute Gasteiger partial charge is 0.165 e. The minimum Gasteiger partial charge on any atom is -0.488 e. The van der Waals surface area contributed by atoms with E-state index in [-0.39, 0.29) is 0 Å². The Labute approximate surface area is 180 Å². The maximum Gasteiger partial charge on any atom is 0.165 e. The van der Waals surface area contributed by atoms with E-state index in [2.05, 4.69) is 43.7 Å². The Kier molecular flexibility index (Phi) is 4.82. The molecule has 0 unspecified atom stereocenters. The first kappa shape index (κ1) is 19.5. The van der Waals surface area contributed by atoms with Gasteiger partial charge in [-0.3, -0.25) is 9.58 Å². The largest absolute Gasteiger partial charge is 0.488 e. The zero-order valence-corrected chi connectivity index (χ0v) is 18.2. The molecule has 160 valence electrons. The van der Waals surface area contributed by atoms with Crippen LogP contribution in [0.1, 0.15) is 17.7 Å². The number of likely N-dealkylation sites (N-methyl/N-ethyl adjacent to an activating group) is 1. The molecule has 0 aliphatic carbocycles. The fourth-order valence-corrected chi connectivity index (χ4v) is 3.76. The van der Waals surface area contributed by atoms with Crippen molar-refractivity contribution in [3.05, 3.63) is 47.9 Å². The monoisotopic (exact) mass is 418 g/mol. The third kappa shape index (κ3) is 3.72. The number of nitrogens with zero attached hydrogens (tertiary/aromatic N) is 7. The SMILES string of the molecule is Cc1cc(Nc2cc3cc(-c4c(OC[C@H]5CCN5C)cnn4C)ccn3n2)nnc1C. The topological polar surface area (TPSA) is 85.4 Å². The second-order valence-corrected chi connectivity index (χ2v) is 8.15. The average molecular weight is 419 g/mol. The van der Waals surface area contributed by atoms with Gasteiger partial charge in [0.15, 0.2) is 17.4 Å². The average Bonchev–Trinajstić information content (AvgIpc) is 3.31. The molecule has 0 spiro atoms. The van der Waals surface area contributed by atoms with Crippen LogP contribution in [0.2, 0.25) is 0 Å². The first-order valence-electron chi connectivity index (χ1n) is 10.4. The predicted molar refractivity (Wildman–Crippen MR) is 119 cm³/mol. The van der Waals surface area contributed by atoms with Crippen molar-refractivity contribution in [3.8, 4) is 17.0 Å². The van der Waals surface area contributed by atoms with Gasteiger partial charge >= 0.3 is 0 Å². The quantitative estimate of drug-likeness (QED) is 0.515. The van der Waals surface area contributed by atoms with Crippen LogP contribution < -0.4 is 10.1 Å². The van der Waals surface area contributed by atoms with E-state index >= 15 is 0 Å². The third-order valence-corrected chi connectivity index (χ3v) is 6.00. The standard InChI is InChI=1S/C22H26N8O/c1-14-9-20(26-25-15(14)2)24-21-11-18-10-16(5-8-30(18)27-21)22-19(12-23-29(22)4)31-13-17-6-7-28(17)3/h5,8-12,17H,6-7,13H2,1-4H3,(H,24,26,27)/t17-/m1/s1. The Morgan fingerprint density at radius 2 is 2.00 bits per heavy atom. The van der Waals surface area contributed by atoms with Crippen molar-refractivity contribution in [1.82, 2.24) is 34.5 Å². The fourth-order valence-electron chi connectivity index (χ4n) is 3.76. The lowest BCUT2D eigenvalue weighted by molar-refractivity contribution is 0.0771. The van der Waals surface area contributed by atoms with Crippen molar-refractivity contribution in [2.75, 3.05) is 25.5 Å². The number of aromatic nitrogens is 6. The summed E-state index contributed by atoms with van der Waals surface area (Å²) in [5, 5.41) is 20.6. The number of likely N-dealkylation sites (tertiary alicyclic amines) is 1. The number of anilines is 2. The van der Waals surface area contributed by atoms with E-state index in [0.29, 0.717) is 24.3 Å². The van der Waals surface area contributed by atoms with Crippen LogP contribution >= 0.6 is 0 Å². The summed E-state index contributed by atoms with van der Waals surface area (Å²) in [6.07, 6.45) is 4.91. The number of hydrogen-bond acceptors (Lipinski definition) is 7. The fraction of sp³-hybridized carbons (Fsp3) is 0.364. The van der Waals surface area contributed by atoms with Gasteiger partial charge in [-0.1, -0.05) is 0 Å². The molecule has 9 heteroatoms. The summed E-state index contributed by atoms with van der Waals surface area (Å²) >= 11 is 0. The molecular weight excluding hydrogens is 392 g/mol. The molecule has 4 aromatic rings. The number of hydrogen-bond donors (Lipinski definition) is 1. The number of nitrogens with one attached hydrogen (secondary N) is 1. The second kappa shape index (κ2) is 7.66. The van der Waals surface area contributed by atoms with Gasteiger partial charge in [0, 0.05) is 30.9 Å². The summed E-state index contributed by atoms with van der Waals surface area (Å²) in [6, 6.07) is 8.55. The Morgan fingerprint density at radius 3 is 2.74 bits per heavy atom. The van der Waals surface area contributed by atoms with Crippen LogP contribution in [0.4, 0.5) is 11.6 Å². The Hall–Kier alpha value is -3.46. The molecule has 1 fully saturated rings. The Morgan fingerprint density at radius 1 is 1.13 bits per heavy atom. The lowest BCUT2D eigenvalue weighted by Gasteiger charge is -2.37. The lowest BCUT2D eigenvalue weighted by atomic mass is 10.1. The first-order chi connectivity index (χ1) is 15.0. The summed E-state index contributed by atoms with van der Waals surface area (Å²) in [6.45, 7) is 5.77. The van der Waals surface area contributed by atoms with Gasteiger partial charge in [-0.05, 0) is 57.6 Å². The maximum atomic E-state index is 6.13. The molecule has 5 heterocycles. The number of fused-ring (bicyclic) bond motifs is 1. The van der Waals surface area contributed by atoms with E-state index in [1.54, 1.807) is 6.20 Å². The highest BCUT2D eigenvalue weighted by Crippen LogP contribution is 2.31. The molecule has 1 aliphatic heterocycles. The van der Waals surface area contributed by atoms with Gasteiger partial charge in [-0.2, -0.15) is 15.3 Å². The number of rotatable bonds is 6. The number of pyridine rings is 1. The second-order valence-electron chi connectivity index (χ2n) is 8.15. The third-order valence-electron chi connectivity index (χ3n) is 6.00. The van der Waals surface area contributed by atoms with Crippen molar-refractivity contribution < 1.29 is 4.74 Å². The van der Waals surface area contributed by atoms with Crippen LogP contribution in [0.3, 0.4) is 0 Å². The van der Waals surface area contributed by atoms with E-state index in [1.165, 1.54) is 6.42 Å². The molecule has 1 N–H and O–H groups in total. The van der Waals surface area contributed by atoms with Gasteiger partial charge in [0.2, 0.25) is 0 Å². The molecular formula is C22H26N8O. The molecule has 5 rings (SSSR count). The Bertz CT molecular complexity index is 1240. The van der Waals surface area contributed by atoms with Gasteiger partial charge in [0.1, 0.15) is 12.3 Å². The van der Waals surface area contributed by atoms with Crippen LogP contribution in [0.15, 0.2) is 36.7 Å².